The van der Waals surface area contributed by atoms with Crippen LogP contribution in [0.3, 0.4) is 0 Å². The van der Waals surface area contributed by atoms with E-state index in [9.17, 15) is 12.8 Å². The third-order valence-corrected chi connectivity index (χ3v) is 5.14. The first-order valence-corrected chi connectivity index (χ1v) is 8.18. The number of aromatic amines is 1. The van der Waals surface area contributed by atoms with E-state index in [0.717, 1.165) is 10.9 Å². The topological polar surface area (TPSA) is 62.0 Å². The van der Waals surface area contributed by atoms with E-state index < -0.39 is 15.3 Å². The number of hydrogen-bond donors (Lipinski definition) is 2. The molecule has 0 aliphatic heterocycles. The van der Waals surface area contributed by atoms with Crippen LogP contribution in [0, 0.1) is 5.82 Å². The van der Waals surface area contributed by atoms with Gasteiger partial charge in [-0.15, -0.1) is 0 Å². The molecule has 110 valence electrons. The highest BCUT2D eigenvalue weighted by Gasteiger charge is 2.22. The molecule has 1 unspecified atom stereocenters. The summed E-state index contributed by atoms with van der Waals surface area (Å²) in [6, 6.07) is 6.17. The van der Waals surface area contributed by atoms with Crippen LogP contribution in [0.25, 0.3) is 10.9 Å². The highest BCUT2D eigenvalue weighted by molar-refractivity contribution is 7.90. The maximum absolute atomic E-state index is 13.1. The van der Waals surface area contributed by atoms with Crippen LogP contribution in [0.1, 0.15) is 12.1 Å². The van der Waals surface area contributed by atoms with Crippen LogP contribution in [0.5, 0.6) is 0 Å². The molecule has 1 aliphatic rings. The molecular weight excluding hydrogens is 291 g/mol. The van der Waals surface area contributed by atoms with E-state index in [2.05, 4.69) is 9.71 Å². The maximum Gasteiger partial charge on any atom is 0.218 e. The number of H-pyrrole nitrogens is 1. The van der Waals surface area contributed by atoms with Gasteiger partial charge >= 0.3 is 0 Å². The molecule has 1 aromatic heterocycles. The van der Waals surface area contributed by atoms with E-state index in [1.165, 1.54) is 12.1 Å². The zero-order chi connectivity index (χ0) is 14.9. The van der Waals surface area contributed by atoms with Gasteiger partial charge < -0.3 is 4.98 Å². The Morgan fingerprint density at radius 3 is 2.90 bits per heavy atom. The van der Waals surface area contributed by atoms with Crippen molar-refractivity contribution in [3.8, 4) is 0 Å². The van der Waals surface area contributed by atoms with Gasteiger partial charge in [-0.1, -0.05) is 24.3 Å². The van der Waals surface area contributed by atoms with Crippen molar-refractivity contribution in [1.29, 1.82) is 0 Å². The molecule has 0 fully saturated rings. The van der Waals surface area contributed by atoms with Crippen LogP contribution >= 0.6 is 0 Å². The van der Waals surface area contributed by atoms with Crippen LogP contribution in [-0.2, 0) is 16.6 Å². The molecule has 1 heterocycles. The minimum absolute atomic E-state index is 0.159. The van der Waals surface area contributed by atoms with Gasteiger partial charge in [0.1, 0.15) is 5.82 Å². The van der Waals surface area contributed by atoms with E-state index in [-0.39, 0.29) is 12.4 Å². The monoisotopic (exact) mass is 306 g/mol. The summed E-state index contributed by atoms with van der Waals surface area (Å²) in [6.07, 6.45) is 7.54. The highest BCUT2D eigenvalue weighted by Crippen LogP contribution is 2.17. The Morgan fingerprint density at radius 1 is 1.29 bits per heavy atom. The molecule has 2 aromatic rings. The Balaban J connectivity index is 1.73. The van der Waals surface area contributed by atoms with E-state index in [1.54, 1.807) is 24.3 Å². The summed E-state index contributed by atoms with van der Waals surface area (Å²) in [4.78, 5) is 3.07. The van der Waals surface area contributed by atoms with Crippen molar-refractivity contribution in [3.05, 3.63) is 60.1 Å². The third-order valence-electron chi connectivity index (χ3n) is 3.44. The number of sulfonamides is 1. The fraction of sp³-hybridized carbons (Fsp3) is 0.200. The fourth-order valence-electron chi connectivity index (χ4n) is 2.33. The summed E-state index contributed by atoms with van der Waals surface area (Å²) in [6.45, 7) is 0.159. The molecule has 4 nitrogen and oxygen atoms in total. The third kappa shape index (κ3) is 3.06. The largest absolute Gasteiger partial charge is 0.357 e. The lowest BCUT2D eigenvalue weighted by Gasteiger charge is -2.14. The number of benzene rings is 1. The number of nitrogens with one attached hydrogen (secondary N) is 2. The van der Waals surface area contributed by atoms with Crippen molar-refractivity contribution in [1.82, 2.24) is 9.71 Å². The average molecular weight is 306 g/mol. The number of rotatable bonds is 4. The van der Waals surface area contributed by atoms with Crippen molar-refractivity contribution < 1.29 is 12.8 Å². The number of aromatic nitrogens is 1. The minimum atomic E-state index is -3.41. The quantitative estimate of drug-likeness (QED) is 0.912. The van der Waals surface area contributed by atoms with Gasteiger partial charge in [-0.25, -0.2) is 17.5 Å². The zero-order valence-corrected chi connectivity index (χ0v) is 12.0. The lowest BCUT2D eigenvalue weighted by molar-refractivity contribution is 0.572. The first kappa shape index (κ1) is 14.0. The summed E-state index contributed by atoms with van der Waals surface area (Å²) in [5.74, 6) is -0.312. The van der Waals surface area contributed by atoms with E-state index in [4.69, 9.17) is 0 Å². The molecule has 0 amide bonds. The molecule has 0 saturated heterocycles. The lowest BCUT2D eigenvalue weighted by atomic mass is 10.2. The molecule has 1 aromatic carbocycles. The van der Waals surface area contributed by atoms with E-state index in [0.29, 0.717) is 12.1 Å². The fourth-order valence-corrected chi connectivity index (χ4v) is 3.57. The molecule has 0 saturated carbocycles. The van der Waals surface area contributed by atoms with E-state index in [1.807, 2.05) is 12.2 Å². The van der Waals surface area contributed by atoms with Gasteiger partial charge in [0.2, 0.25) is 10.0 Å². The van der Waals surface area contributed by atoms with E-state index >= 15 is 0 Å². The van der Waals surface area contributed by atoms with Gasteiger partial charge in [0.25, 0.3) is 0 Å². The highest BCUT2D eigenvalue weighted by atomic mass is 32.2. The summed E-state index contributed by atoms with van der Waals surface area (Å²) >= 11 is 0. The second-order valence-electron chi connectivity index (χ2n) is 4.98. The predicted molar refractivity (Wildman–Crippen MR) is 80.7 cm³/mol. The predicted octanol–water partition coefficient (Wildman–Crippen LogP) is 2.61. The van der Waals surface area contributed by atoms with Crippen molar-refractivity contribution in [2.75, 3.05) is 0 Å². The maximum atomic E-state index is 13.1. The van der Waals surface area contributed by atoms with Crippen LogP contribution < -0.4 is 4.72 Å². The number of hydrogen-bond acceptors (Lipinski definition) is 2. The first-order valence-electron chi connectivity index (χ1n) is 6.63. The second-order valence-corrected chi connectivity index (χ2v) is 6.96. The number of allylic oxidation sites excluding steroid dienone is 3. The summed E-state index contributed by atoms with van der Waals surface area (Å²) in [7, 11) is -3.41. The SMILES string of the molecule is O=S(=O)(NCc1cc2cc(F)ccc2[nH]1)C1C=CC=CC1. The molecule has 3 rings (SSSR count). The minimum Gasteiger partial charge on any atom is -0.357 e. The first-order chi connectivity index (χ1) is 10.0. The van der Waals surface area contributed by atoms with Crippen LogP contribution in [-0.4, -0.2) is 18.7 Å². The van der Waals surface area contributed by atoms with Crippen LogP contribution in [0.2, 0.25) is 0 Å². The molecule has 1 atom stereocenters. The van der Waals surface area contributed by atoms with Gasteiger partial charge in [-0.3, -0.25) is 0 Å². The van der Waals surface area contributed by atoms with Gasteiger partial charge in [-0.05, 0) is 30.7 Å². The van der Waals surface area contributed by atoms with Crippen molar-refractivity contribution in [2.45, 2.75) is 18.2 Å². The van der Waals surface area contributed by atoms with Gasteiger partial charge in [0.05, 0.1) is 11.8 Å². The average Bonchev–Trinajstić information content (AvgIpc) is 2.88. The van der Waals surface area contributed by atoms with Gasteiger partial charge in [0, 0.05) is 16.6 Å². The Hall–Kier alpha value is -1.92. The number of fused-ring (bicyclic) bond motifs is 1. The van der Waals surface area contributed by atoms with Crippen LogP contribution in [0.15, 0.2) is 48.6 Å². The standard InChI is InChI=1S/C15H15FN2O2S/c16-12-6-7-15-11(8-12)9-13(18-15)10-17-21(19,20)14-4-2-1-3-5-14/h1-4,6-9,14,17-18H,5,10H2. The molecule has 6 heteroatoms. The summed E-state index contributed by atoms with van der Waals surface area (Å²) in [5, 5.41) is 0.189. The molecule has 2 N–H and O–H groups in total. The molecule has 0 bridgehead atoms. The Morgan fingerprint density at radius 2 is 2.14 bits per heavy atom. The summed E-state index contributed by atoms with van der Waals surface area (Å²) < 4.78 is 40.0. The molecule has 0 spiro atoms. The van der Waals surface area contributed by atoms with Crippen molar-refractivity contribution >= 4 is 20.9 Å². The van der Waals surface area contributed by atoms with Crippen LogP contribution in [0.4, 0.5) is 4.39 Å². The lowest BCUT2D eigenvalue weighted by Crippen LogP contribution is -2.33. The molecular formula is C15H15FN2O2S. The Kier molecular flexibility index (Phi) is 3.65. The summed E-state index contributed by atoms with van der Waals surface area (Å²) in [5.41, 5.74) is 1.49. The van der Waals surface area contributed by atoms with Crippen molar-refractivity contribution in [2.24, 2.45) is 0 Å². The number of halogens is 1. The van der Waals surface area contributed by atoms with Gasteiger partial charge in [-0.2, -0.15) is 0 Å². The molecule has 1 aliphatic carbocycles. The normalized spacial score (nSPS) is 18.4. The molecule has 21 heavy (non-hydrogen) atoms. The Bertz CT molecular complexity index is 821. The zero-order valence-electron chi connectivity index (χ0n) is 11.2. The smallest absolute Gasteiger partial charge is 0.218 e. The second kappa shape index (κ2) is 5.46. The van der Waals surface area contributed by atoms with Gasteiger partial charge in [0.15, 0.2) is 0 Å². The Labute approximate surface area is 122 Å². The molecule has 0 radical (unpaired) electrons. The van der Waals surface area contributed by atoms with Crippen molar-refractivity contribution in [3.63, 3.8) is 0 Å².